The maximum atomic E-state index is 12.1. The van der Waals surface area contributed by atoms with E-state index in [-0.39, 0.29) is 17.3 Å². The van der Waals surface area contributed by atoms with Gasteiger partial charge >= 0.3 is 0 Å². The minimum absolute atomic E-state index is 0.0655. The summed E-state index contributed by atoms with van der Waals surface area (Å²) in [5.41, 5.74) is 0.325. The van der Waals surface area contributed by atoms with Gasteiger partial charge in [0.2, 0.25) is 10.0 Å². The Bertz CT molecular complexity index is 625. The molecule has 0 aliphatic rings. The number of amides is 1. The second-order valence-corrected chi connectivity index (χ2v) is 6.72. The summed E-state index contributed by atoms with van der Waals surface area (Å²) in [6, 6.07) is 5.98. The van der Waals surface area contributed by atoms with E-state index in [0.29, 0.717) is 12.1 Å². The summed E-state index contributed by atoms with van der Waals surface area (Å²) in [7, 11) is -3.63. The Labute approximate surface area is 138 Å². The molecule has 0 heterocycles. The maximum Gasteiger partial charge on any atom is 0.251 e. The lowest BCUT2D eigenvalue weighted by Gasteiger charge is -2.18. The van der Waals surface area contributed by atoms with Crippen LogP contribution in [0.3, 0.4) is 0 Å². The highest BCUT2D eigenvalue weighted by molar-refractivity contribution is 7.89. The number of sulfonamides is 1. The van der Waals surface area contributed by atoms with Crippen LogP contribution in [0.25, 0.3) is 0 Å². The van der Waals surface area contributed by atoms with Crippen LogP contribution in [-0.2, 0) is 10.0 Å². The van der Waals surface area contributed by atoms with E-state index in [0.717, 1.165) is 19.6 Å². The summed E-state index contributed by atoms with van der Waals surface area (Å²) in [6.07, 6.45) is 1.46. The van der Waals surface area contributed by atoms with Crippen LogP contribution in [0.1, 0.15) is 24.2 Å². The van der Waals surface area contributed by atoms with Crippen molar-refractivity contribution < 1.29 is 13.2 Å². The number of carbonyl (C=O) groups is 1. The van der Waals surface area contributed by atoms with Crippen LogP contribution in [0.2, 0.25) is 0 Å². The molecule has 7 heteroatoms. The fraction of sp³-hybridized carbons (Fsp3) is 0.438. The van der Waals surface area contributed by atoms with Crippen LogP contribution in [0, 0.1) is 0 Å². The van der Waals surface area contributed by atoms with E-state index >= 15 is 0 Å². The van der Waals surface area contributed by atoms with Crippen molar-refractivity contribution in [3.05, 3.63) is 42.5 Å². The fourth-order valence-electron chi connectivity index (χ4n) is 2.03. The van der Waals surface area contributed by atoms with Crippen molar-refractivity contribution >= 4 is 15.9 Å². The number of hydrogen-bond donors (Lipinski definition) is 2. The Hall–Kier alpha value is -1.70. The molecule has 0 aromatic heterocycles. The molecule has 1 rings (SSSR count). The van der Waals surface area contributed by atoms with Gasteiger partial charge in [-0.25, -0.2) is 13.1 Å². The van der Waals surface area contributed by atoms with Gasteiger partial charge in [-0.3, -0.25) is 4.79 Å². The van der Waals surface area contributed by atoms with Gasteiger partial charge in [-0.1, -0.05) is 26.0 Å². The molecule has 6 nitrogen and oxygen atoms in total. The number of hydrogen-bond acceptors (Lipinski definition) is 4. The summed E-state index contributed by atoms with van der Waals surface area (Å²) < 4.78 is 26.5. The number of carbonyl (C=O) groups excluding carboxylic acids is 1. The molecule has 0 fully saturated rings. The quantitative estimate of drug-likeness (QED) is 0.628. The Morgan fingerprint density at radius 3 is 2.61 bits per heavy atom. The maximum absolute atomic E-state index is 12.1. The SMILES string of the molecule is C=CCNS(=O)(=O)c1cccc(C(=O)NCCN(CC)CC)c1. The molecule has 1 amide bonds. The molecule has 0 saturated heterocycles. The van der Waals surface area contributed by atoms with Gasteiger partial charge in [-0.05, 0) is 31.3 Å². The van der Waals surface area contributed by atoms with Gasteiger partial charge in [0.25, 0.3) is 5.91 Å². The first-order chi connectivity index (χ1) is 10.9. The monoisotopic (exact) mass is 339 g/mol. The van der Waals surface area contributed by atoms with E-state index in [9.17, 15) is 13.2 Å². The molecular formula is C16H25N3O3S. The lowest BCUT2D eigenvalue weighted by molar-refractivity contribution is 0.0948. The molecular weight excluding hydrogens is 314 g/mol. The second kappa shape index (κ2) is 9.44. The zero-order chi connectivity index (χ0) is 17.3. The van der Waals surface area contributed by atoms with Crippen molar-refractivity contribution in [2.75, 3.05) is 32.7 Å². The molecule has 1 aromatic rings. The molecule has 23 heavy (non-hydrogen) atoms. The Morgan fingerprint density at radius 1 is 1.30 bits per heavy atom. The normalized spacial score (nSPS) is 11.4. The van der Waals surface area contributed by atoms with E-state index in [1.165, 1.54) is 18.2 Å². The van der Waals surface area contributed by atoms with Crippen molar-refractivity contribution in [2.45, 2.75) is 18.7 Å². The molecule has 0 saturated carbocycles. The van der Waals surface area contributed by atoms with Gasteiger partial charge in [0.15, 0.2) is 0 Å². The van der Waals surface area contributed by atoms with Gasteiger partial charge in [-0.2, -0.15) is 0 Å². The van der Waals surface area contributed by atoms with Crippen LogP contribution < -0.4 is 10.0 Å². The largest absolute Gasteiger partial charge is 0.351 e. The predicted octanol–water partition coefficient (Wildman–Crippen LogP) is 1.22. The lowest BCUT2D eigenvalue weighted by Crippen LogP contribution is -2.34. The standard InChI is InChI=1S/C16H25N3O3S/c1-4-10-18-23(21,22)15-9-7-8-14(13-15)16(20)17-11-12-19(5-2)6-3/h4,7-9,13,18H,1,5-6,10-12H2,2-3H3,(H,17,20). The molecule has 2 N–H and O–H groups in total. The average Bonchev–Trinajstić information content (AvgIpc) is 2.57. The smallest absolute Gasteiger partial charge is 0.251 e. The van der Waals surface area contributed by atoms with E-state index in [4.69, 9.17) is 0 Å². The van der Waals surface area contributed by atoms with Crippen molar-refractivity contribution in [3.63, 3.8) is 0 Å². The highest BCUT2D eigenvalue weighted by Gasteiger charge is 2.15. The van der Waals surface area contributed by atoms with Crippen LogP contribution in [0.5, 0.6) is 0 Å². The number of rotatable bonds is 10. The minimum Gasteiger partial charge on any atom is -0.351 e. The first kappa shape index (κ1) is 19.3. The van der Waals surface area contributed by atoms with Gasteiger partial charge in [0, 0.05) is 25.2 Å². The first-order valence-electron chi connectivity index (χ1n) is 7.65. The summed E-state index contributed by atoms with van der Waals surface area (Å²) in [5, 5.41) is 2.81. The Kier molecular flexibility index (Phi) is 7.94. The van der Waals surface area contributed by atoms with Gasteiger partial charge in [-0.15, -0.1) is 6.58 Å². The summed E-state index contributed by atoms with van der Waals surface area (Å²) in [6.45, 7) is 10.9. The summed E-state index contributed by atoms with van der Waals surface area (Å²) in [4.78, 5) is 14.4. The number of nitrogens with zero attached hydrogens (tertiary/aromatic N) is 1. The third-order valence-electron chi connectivity index (χ3n) is 3.43. The van der Waals surface area contributed by atoms with E-state index in [2.05, 4.69) is 35.4 Å². The third kappa shape index (κ3) is 6.13. The Morgan fingerprint density at radius 2 is 2.00 bits per heavy atom. The zero-order valence-electron chi connectivity index (χ0n) is 13.7. The molecule has 0 unspecified atom stereocenters. The van der Waals surface area contributed by atoms with Gasteiger partial charge < -0.3 is 10.2 Å². The summed E-state index contributed by atoms with van der Waals surface area (Å²) >= 11 is 0. The Balaban J connectivity index is 2.72. The van der Waals surface area contributed by atoms with Crippen molar-refractivity contribution in [1.82, 2.24) is 14.9 Å². The van der Waals surface area contributed by atoms with Crippen LogP contribution in [0.15, 0.2) is 41.8 Å². The molecule has 0 aliphatic carbocycles. The van der Waals surface area contributed by atoms with E-state index in [1.54, 1.807) is 12.1 Å². The zero-order valence-corrected chi connectivity index (χ0v) is 14.5. The molecule has 128 valence electrons. The van der Waals surface area contributed by atoms with Crippen molar-refractivity contribution in [2.24, 2.45) is 0 Å². The number of likely N-dealkylation sites (N-methyl/N-ethyl adjacent to an activating group) is 1. The topological polar surface area (TPSA) is 78.5 Å². The molecule has 0 bridgehead atoms. The first-order valence-corrected chi connectivity index (χ1v) is 9.14. The van der Waals surface area contributed by atoms with E-state index < -0.39 is 10.0 Å². The average molecular weight is 339 g/mol. The molecule has 0 spiro atoms. The lowest BCUT2D eigenvalue weighted by atomic mass is 10.2. The van der Waals surface area contributed by atoms with Crippen LogP contribution in [-0.4, -0.2) is 51.9 Å². The highest BCUT2D eigenvalue weighted by Crippen LogP contribution is 2.11. The fourth-order valence-corrected chi connectivity index (χ4v) is 3.07. The third-order valence-corrected chi connectivity index (χ3v) is 4.85. The summed E-state index contributed by atoms with van der Waals surface area (Å²) in [5.74, 6) is -0.280. The van der Waals surface area contributed by atoms with Gasteiger partial charge in [0.05, 0.1) is 4.90 Å². The van der Waals surface area contributed by atoms with Gasteiger partial charge in [0.1, 0.15) is 0 Å². The number of benzene rings is 1. The highest BCUT2D eigenvalue weighted by atomic mass is 32.2. The minimum atomic E-state index is -3.63. The second-order valence-electron chi connectivity index (χ2n) is 4.95. The van der Waals surface area contributed by atoms with Crippen LogP contribution >= 0.6 is 0 Å². The van der Waals surface area contributed by atoms with Crippen molar-refractivity contribution in [1.29, 1.82) is 0 Å². The molecule has 0 radical (unpaired) electrons. The number of nitrogens with one attached hydrogen (secondary N) is 2. The molecule has 1 aromatic carbocycles. The van der Waals surface area contributed by atoms with E-state index in [1.807, 2.05) is 0 Å². The van der Waals surface area contributed by atoms with Crippen LogP contribution in [0.4, 0.5) is 0 Å². The predicted molar refractivity (Wildman–Crippen MR) is 91.9 cm³/mol. The molecule has 0 atom stereocenters. The van der Waals surface area contributed by atoms with Crippen molar-refractivity contribution in [3.8, 4) is 0 Å². The molecule has 0 aliphatic heterocycles.